The average molecular weight is 234 g/mol. The summed E-state index contributed by atoms with van der Waals surface area (Å²) in [6, 6.07) is 15.1. The quantitative estimate of drug-likeness (QED) is 0.859. The Kier molecular flexibility index (Phi) is 3.32. The van der Waals surface area contributed by atoms with E-state index in [1.54, 1.807) is 6.07 Å². The lowest BCUT2D eigenvalue weighted by Crippen LogP contribution is -1.88. The molecule has 0 fully saturated rings. The van der Waals surface area contributed by atoms with Gasteiger partial charge in [0.15, 0.2) is 0 Å². The van der Waals surface area contributed by atoms with Crippen LogP contribution in [-0.2, 0) is 0 Å². The zero-order valence-electron chi connectivity index (χ0n) is 8.91. The molecule has 0 saturated heterocycles. The third-order valence-corrected chi connectivity index (χ3v) is 2.41. The van der Waals surface area contributed by atoms with Gasteiger partial charge >= 0.3 is 0 Å². The first-order valence-corrected chi connectivity index (χ1v) is 5.37. The topological polar surface area (TPSA) is 21.3 Å². The molecule has 0 aliphatic carbocycles. The number of rotatable bonds is 3. The Hall–Kier alpha value is -1.67. The van der Waals surface area contributed by atoms with Gasteiger partial charge in [-0.2, -0.15) is 0 Å². The second-order valence-corrected chi connectivity index (χ2v) is 3.77. The van der Waals surface area contributed by atoms with Crippen LogP contribution >= 0.6 is 11.6 Å². The molecule has 0 aromatic heterocycles. The fourth-order valence-electron chi connectivity index (χ4n) is 1.36. The predicted octanol–water partition coefficient (Wildman–Crippen LogP) is 4.17. The van der Waals surface area contributed by atoms with Crippen molar-refractivity contribution in [2.75, 3.05) is 12.4 Å². The molecule has 3 heteroatoms. The van der Waals surface area contributed by atoms with Crippen molar-refractivity contribution in [2.24, 2.45) is 0 Å². The van der Waals surface area contributed by atoms with E-state index in [-0.39, 0.29) is 0 Å². The first-order chi connectivity index (χ1) is 7.78. The van der Waals surface area contributed by atoms with Gasteiger partial charge in [0.2, 0.25) is 0 Å². The molecule has 0 spiro atoms. The highest BCUT2D eigenvalue weighted by molar-refractivity contribution is 6.30. The Morgan fingerprint density at radius 3 is 2.38 bits per heavy atom. The number of ether oxygens (including phenoxy) is 1. The van der Waals surface area contributed by atoms with Crippen LogP contribution in [0.2, 0.25) is 5.02 Å². The summed E-state index contributed by atoms with van der Waals surface area (Å²) in [5.74, 6) is 1.53. The van der Waals surface area contributed by atoms with Gasteiger partial charge in [-0.05, 0) is 42.5 Å². The molecule has 2 aromatic rings. The zero-order chi connectivity index (χ0) is 11.4. The van der Waals surface area contributed by atoms with Gasteiger partial charge in [-0.1, -0.05) is 17.7 Å². The standard InChI is InChI=1S/C13H12ClNO/c1-15-11-5-7-12(8-6-11)16-13-4-2-3-10(14)9-13/h2-9,15H,1H3. The van der Waals surface area contributed by atoms with Crippen LogP contribution in [0.25, 0.3) is 0 Å². The highest BCUT2D eigenvalue weighted by Crippen LogP contribution is 2.24. The molecule has 0 heterocycles. The Balaban J connectivity index is 2.14. The minimum atomic E-state index is 0.671. The largest absolute Gasteiger partial charge is 0.457 e. The van der Waals surface area contributed by atoms with E-state index in [2.05, 4.69) is 5.32 Å². The molecule has 0 saturated carbocycles. The Bertz CT molecular complexity index is 468. The van der Waals surface area contributed by atoms with Gasteiger partial charge in [0.05, 0.1) is 0 Å². The summed E-state index contributed by atoms with van der Waals surface area (Å²) in [6.07, 6.45) is 0. The summed E-state index contributed by atoms with van der Waals surface area (Å²) < 4.78 is 5.65. The van der Waals surface area contributed by atoms with E-state index in [1.165, 1.54) is 0 Å². The molecule has 0 aliphatic heterocycles. The van der Waals surface area contributed by atoms with E-state index in [0.717, 1.165) is 17.2 Å². The van der Waals surface area contributed by atoms with Crippen molar-refractivity contribution in [3.63, 3.8) is 0 Å². The fourth-order valence-corrected chi connectivity index (χ4v) is 1.54. The van der Waals surface area contributed by atoms with Crippen LogP contribution < -0.4 is 10.1 Å². The van der Waals surface area contributed by atoms with Crippen LogP contribution in [0, 0.1) is 0 Å². The lowest BCUT2D eigenvalue weighted by Gasteiger charge is -2.06. The van der Waals surface area contributed by atoms with Gasteiger partial charge in [-0.3, -0.25) is 0 Å². The lowest BCUT2D eigenvalue weighted by molar-refractivity contribution is 0.483. The van der Waals surface area contributed by atoms with Crippen LogP contribution in [0.1, 0.15) is 0 Å². The van der Waals surface area contributed by atoms with Crippen molar-refractivity contribution in [3.8, 4) is 11.5 Å². The van der Waals surface area contributed by atoms with Gasteiger partial charge < -0.3 is 10.1 Å². The first-order valence-electron chi connectivity index (χ1n) is 4.99. The third kappa shape index (κ3) is 2.67. The number of nitrogens with one attached hydrogen (secondary N) is 1. The molecule has 0 aliphatic rings. The summed E-state index contributed by atoms with van der Waals surface area (Å²) in [5, 5.41) is 3.72. The van der Waals surface area contributed by atoms with Crippen molar-refractivity contribution >= 4 is 17.3 Å². The minimum absolute atomic E-state index is 0.671. The van der Waals surface area contributed by atoms with E-state index >= 15 is 0 Å². The maximum absolute atomic E-state index is 5.87. The summed E-state index contributed by atoms with van der Waals surface area (Å²) in [6.45, 7) is 0. The molecule has 0 amide bonds. The molecule has 2 rings (SSSR count). The average Bonchev–Trinajstić information content (AvgIpc) is 2.30. The van der Waals surface area contributed by atoms with Gasteiger partial charge in [-0.25, -0.2) is 0 Å². The van der Waals surface area contributed by atoms with Gasteiger partial charge in [0.25, 0.3) is 0 Å². The number of anilines is 1. The molecule has 2 aromatic carbocycles. The Labute approximate surface area is 99.8 Å². The maximum atomic E-state index is 5.87. The maximum Gasteiger partial charge on any atom is 0.128 e. The number of hydrogen-bond acceptors (Lipinski definition) is 2. The molecule has 0 bridgehead atoms. The van der Waals surface area contributed by atoms with Crippen LogP contribution in [0.4, 0.5) is 5.69 Å². The van der Waals surface area contributed by atoms with Crippen LogP contribution in [0.15, 0.2) is 48.5 Å². The molecule has 2 nitrogen and oxygen atoms in total. The molecule has 0 atom stereocenters. The molecule has 82 valence electrons. The van der Waals surface area contributed by atoms with Crippen LogP contribution in [-0.4, -0.2) is 7.05 Å². The molecule has 16 heavy (non-hydrogen) atoms. The van der Waals surface area contributed by atoms with E-state index in [4.69, 9.17) is 16.3 Å². The van der Waals surface area contributed by atoms with Crippen LogP contribution in [0.5, 0.6) is 11.5 Å². The predicted molar refractivity (Wildman–Crippen MR) is 67.5 cm³/mol. The molecular weight excluding hydrogens is 222 g/mol. The summed E-state index contributed by atoms with van der Waals surface area (Å²) >= 11 is 5.87. The molecular formula is C13H12ClNO. The lowest BCUT2D eigenvalue weighted by atomic mass is 10.3. The minimum Gasteiger partial charge on any atom is -0.457 e. The van der Waals surface area contributed by atoms with E-state index in [0.29, 0.717) is 5.02 Å². The summed E-state index contributed by atoms with van der Waals surface area (Å²) in [4.78, 5) is 0. The molecule has 0 radical (unpaired) electrons. The van der Waals surface area contributed by atoms with Crippen molar-refractivity contribution < 1.29 is 4.74 Å². The summed E-state index contributed by atoms with van der Waals surface area (Å²) in [5.41, 5.74) is 1.05. The Morgan fingerprint density at radius 2 is 1.75 bits per heavy atom. The second kappa shape index (κ2) is 4.90. The number of benzene rings is 2. The monoisotopic (exact) mass is 233 g/mol. The zero-order valence-corrected chi connectivity index (χ0v) is 9.66. The highest BCUT2D eigenvalue weighted by Gasteiger charge is 1.97. The highest BCUT2D eigenvalue weighted by atomic mass is 35.5. The SMILES string of the molecule is CNc1ccc(Oc2cccc(Cl)c2)cc1. The third-order valence-electron chi connectivity index (χ3n) is 2.17. The second-order valence-electron chi connectivity index (χ2n) is 3.33. The Morgan fingerprint density at radius 1 is 1.00 bits per heavy atom. The molecule has 0 unspecified atom stereocenters. The van der Waals surface area contributed by atoms with Crippen LogP contribution in [0.3, 0.4) is 0 Å². The summed E-state index contributed by atoms with van der Waals surface area (Å²) in [7, 11) is 1.88. The smallest absolute Gasteiger partial charge is 0.128 e. The van der Waals surface area contributed by atoms with Crippen molar-refractivity contribution in [2.45, 2.75) is 0 Å². The number of halogens is 1. The first kappa shape index (κ1) is 10.8. The van der Waals surface area contributed by atoms with Crippen molar-refractivity contribution in [1.29, 1.82) is 0 Å². The normalized spacial score (nSPS) is 9.88. The fraction of sp³-hybridized carbons (Fsp3) is 0.0769. The van der Waals surface area contributed by atoms with E-state index < -0.39 is 0 Å². The number of hydrogen-bond donors (Lipinski definition) is 1. The van der Waals surface area contributed by atoms with Gasteiger partial charge in [0.1, 0.15) is 11.5 Å². The van der Waals surface area contributed by atoms with Crippen molar-refractivity contribution in [3.05, 3.63) is 53.6 Å². The van der Waals surface area contributed by atoms with Gasteiger partial charge in [-0.15, -0.1) is 0 Å². The van der Waals surface area contributed by atoms with E-state index in [1.807, 2.05) is 49.5 Å². The van der Waals surface area contributed by atoms with E-state index in [9.17, 15) is 0 Å². The van der Waals surface area contributed by atoms with Crippen molar-refractivity contribution in [1.82, 2.24) is 0 Å². The molecule has 1 N–H and O–H groups in total. The van der Waals surface area contributed by atoms with Gasteiger partial charge in [0, 0.05) is 17.8 Å².